The van der Waals surface area contributed by atoms with Crippen LogP contribution in [0.5, 0.6) is 0 Å². The SMILES string of the molecule is CC(C)N1[C]N(C[C@@H]2COC(C(C)(C)C)=N2)C=C1. The Morgan fingerprint density at radius 2 is 2.17 bits per heavy atom. The van der Waals surface area contributed by atoms with E-state index in [0.717, 1.165) is 12.4 Å². The number of nitrogens with zero attached hydrogens (tertiary/aromatic N) is 3. The summed E-state index contributed by atoms with van der Waals surface area (Å²) in [4.78, 5) is 8.79. The third-order valence-corrected chi connectivity index (χ3v) is 2.97. The minimum atomic E-state index is 0.00694. The molecule has 0 unspecified atom stereocenters. The predicted molar refractivity (Wildman–Crippen MR) is 72.7 cm³/mol. The molecule has 2 rings (SSSR count). The van der Waals surface area contributed by atoms with Crippen LogP contribution >= 0.6 is 0 Å². The zero-order chi connectivity index (χ0) is 13.3. The highest BCUT2D eigenvalue weighted by molar-refractivity contribution is 5.82. The van der Waals surface area contributed by atoms with E-state index < -0.39 is 0 Å². The number of hydrogen-bond donors (Lipinski definition) is 0. The quantitative estimate of drug-likeness (QED) is 0.768. The second kappa shape index (κ2) is 4.82. The van der Waals surface area contributed by atoms with E-state index in [1.807, 2.05) is 6.20 Å². The first-order valence-corrected chi connectivity index (χ1v) is 6.57. The summed E-state index contributed by atoms with van der Waals surface area (Å²) in [5.74, 6) is 0.872. The van der Waals surface area contributed by atoms with Gasteiger partial charge in [-0.05, 0) is 13.8 Å². The Hall–Kier alpha value is -1.19. The van der Waals surface area contributed by atoms with Gasteiger partial charge in [0.1, 0.15) is 12.6 Å². The summed E-state index contributed by atoms with van der Waals surface area (Å²) >= 11 is 0. The number of hydrogen-bond acceptors (Lipinski definition) is 4. The highest BCUT2D eigenvalue weighted by atomic mass is 16.5. The Bertz CT molecular complexity index is 355. The van der Waals surface area contributed by atoms with Crippen LogP contribution < -0.4 is 0 Å². The molecule has 2 heterocycles. The third kappa shape index (κ3) is 2.98. The maximum atomic E-state index is 5.67. The molecule has 0 bridgehead atoms. The molecule has 2 aliphatic rings. The lowest BCUT2D eigenvalue weighted by atomic mass is 9.97. The van der Waals surface area contributed by atoms with Gasteiger partial charge in [-0.2, -0.15) is 0 Å². The van der Waals surface area contributed by atoms with Gasteiger partial charge in [-0.3, -0.25) is 0 Å². The van der Waals surface area contributed by atoms with E-state index >= 15 is 0 Å². The van der Waals surface area contributed by atoms with Crippen molar-refractivity contribution in [3.63, 3.8) is 0 Å². The van der Waals surface area contributed by atoms with Gasteiger partial charge in [-0.1, -0.05) is 20.8 Å². The second-order valence-corrected chi connectivity index (χ2v) is 6.20. The van der Waals surface area contributed by atoms with Gasteiger partial charge in [0.2, 0.25) is 6.67 Å². The van der Waals surface area contributed by atoms with Gasteiger partial charge < -0.3 is 14.5 Å². The lowest BCUT2D eigenvalue weighted by Gasteiger charge is -2.22. The third-order valence-electron chi connectivity index (χ3n) is 2.97. The Labute approximate surface area is 110 Å². The smallest absolute Gasteiger partial charge is 0.208 e. The van der Waals surface area contributed by atoms with E-state index in [2.05, 4.69) is 62.3 Å². The van der Waals surface area contributed by atoms with Gasteiger partial charge in [0.25, 0.3) is 0 Å². The molecule has 0 saturated heterocycles. The van der Waals surface area contributed by atoms with E-state index in [1.165, 1.54) is 0 Å². The van der Waals surface area contributed by atoms with Crippen LogP contribution in [0.2, 0.25) is 0 Å². The van der Waals surface area contributed by atoms with Crippen LogP contribution in [-0.4, -0.2) is 40.9 Å². The van der Waals surface area contributed by atoms with Gasteiger partial charge in [0.15, 0.2) is 5.90 Å². The molecule has 0 aromatic rings. The number of aliphatic imine (C=N–C) groups is 1. The molecule has 4 nitrogen and oxygen atoms in total. The minimum Gasteiger partial charge on any atom is -0.478 e. The summed E-state index contributed by atoms with van der Waals surface area (Å²) in [5.41, 5.74) is 0.00694. The zero-order valence-electron chi connectivity index (χ0n) is 12.0. The summed E-state index contributed by atoms with van der Waals surface area (Å²) in [6.45, 7) is 15.5. The Morgan fingerprint density at radius 1 is 1.44 bits per heavy atom. The molecule has 1 atom stereocenters. The highest BCUT2D eigenvalue weighted by Crippen LogP contribution is 2.23. The maximum absolute atomic E-state index is 5.67. The fraction of sp³-hybridized carbons (Fsp3) is 0.714. The van der Waals surface area contributed by atoms with E-state index in [0.29, 0.717) is 12.6 Å². The van der Waals surface area contributed by atoms with E-state index in [-0.39, 0.29) is 11.5 Å². The molecule has 2 radical (unpaired) electrons. The zero-order valence-corrected chi connectivity index (χ0v) is 12.0. The summed E-state index contributed by atoms with van der Waals surface area (Å²) in [5, 5.41) is 0. The molecule has 0 saturated carbocycles. The molecule has 0 aromatic heterocycles. The molecule has 4 heteroatoms. The number of ether oxygens (including phenoxy) is 1. The van der Waals surface area contributed by atoms with Crippen molar-refractivity contribution in [3.05, 3.63) is 19.1 Å². The lowest BCUT2D eigenvalue weighted by Crippen LogP contribution is -2.30. The van der Waals surface area contributed by atoms with Gasteiger partial charge >= 0.3 is 0 Å². The molecule has 18 heavy (non-hydrogen) atoms. The van der Waals surface area contributed by atoms with Gasteiger partial charge in [0, 0.05) is 30.4 Å². The highest BCUT2D eigenvalue weighted by Gasteiger charge is 2.30. The first-order chi connectivity index (χ1) is 8.36. The van der Waals surface area contributed by atoms with Gasteiger partial charge in [-0.15, -0.1) is 0 Å². The summed E-state index contributed by atoms with van der Waals surface area (Å²) < 4.78 is 5.67. The van der Waals surface area contributed by atoms with Crippen LogP contribution in [0, 0.1) is 12.1 Å². The normalized spacial score (nSPS) is 23.9. The second-order valence-electron chi connectivity index (χ2n) is 6.20. The van der Waals surface area contributed by atoms with Crippen molar-refractivity contribution in [2.45, 2.75) is 46.7 Å². The van der Waals surface area contributed by atoms with Gasteiger partial charge in [0.05, 0.1) is 0 Å². The topological polar surface area (TPSA) is 28.1 Å². The first-order valence-electron chi connectivity index (χ1n) is 6.57. The van der Waals surface area contributed by atoms with Crippen molar-refractivity contribution in [1.82, 2.24) is 9.80 Å². The van der Waals surface area contributed by atoms with Crippen LogP contribution in [0.3, 0.4) is 0 Å². The molecule has 0 spiro atoms. The molecule has 0 aromatic carbocycles. The van der Waals surface area contributed by atoms with Crippen molar-refractivity contribution in [1.29, 1.82) is 0 Å². The Morgan fingerprint density at radius 3 is 2.67 bits per heavy atom. The summed E-state index contributed by atoms with van der Waals surface area (Å²) in [6, 6.07) is 0.656. The average Bonchev–Trinajstić information content (AvgIpc) is 2.85. The predicted octanol–water partition coefficient (Wildman–Crippen LogP) is 2.32. The molecule has 0 N–H and O–H groups in total. The Balaban J connectivity index is 1.86. The van der Waals surface area contributed by atoms with Crippen LogP contribution in [0.25, 0.3) is 0 Å². The Kier molecular flexibility index (Phi) is 3.55. The van der Waals surface area contributed by atoms with E-state index in [1.54, 1.807) is 0 Å². The van der Waals surface area contributed by atoms with Crippen LogP contribution in [0.1, 0.15) is 34.6 Å². The molecule has 100 valence electrons. The van der Waals surface area contributed by atoms with Crippen LogP contribution in [0.4, 0.5) is 0 Å². The lowest BCUT2D eigenvalue weighted by molar-refractivity contribution is 0.251. The summed E-state index contributed by atoms with van der Waals surface area (Å²) in [6.07, 6.45) is 4.10. The van der Waals surface area contributed by atoms with Crippen molar-refractivity contribution in [3.8, 4) is 0 Å². The molecular weight excluding hydrogens is 226 g/mol. The van der Waals surface area contributed by atoms with Gasteiger partial charge in [-0.25, -0.2) is 4.99 Å². The summed E-state index contributed by atoms with van der Waals surface area (Å²) in [7, 11) is 0. The monoisotopic (exact) mass is 249 g/mol. The van der Waals surface area contributed by atoms with Crippen LogP contribution in [-0.2, 0) is 4.74 Å². The van der Waals surface area contributed by atoms with E-state index in [9.17, 15) is 0 Å². The first kappa shape index (κ1) is 13.2. The maximum Gasteiger partial charge on any atom is 0.208 e. The fourth-order valence-electron chi connectivity index (χ4n) is 1.90. The minimum absolute atomic E-state index is 0.00694. The van der Waals surface area contributed by atoms with E-state index in [4.69, 9.17) is 4.74 Å². The molecule has 0 fully saturated rings. The van der Waals surface area contributed by atoms with Crippen molar-refractivity contribution < 1.29 is 4.74 Å². The number of rotatable bonds is 3. The standard InChI is InChI=1S/C14H23N3O/c1-11(2)17-7-6-16(10-17)8-12-9-18-13(15-12)14(3,4)5/h6-7,11-12H,8-9H2,1-5H3/t12-/m1/s1. The molecule has 0 aliphatic carbocycles. The fourth-order valence-corrected chi connectivity index (χ4v) is 1.90. The van der Waals surface area contributed by atoms with Crippen molar-refractivity contribution in [2.75, 3.05) is 13.2 Å². The molecule has 2 aliphatic heterocycles. The average molecular weight is 249 g/mol. The van der Waals surface area contributed by atoms with Crippen LogP contribution in [0.15, 0.2) is 17.4 Å². The molecular formula is C14H23N3O. The van der Waals surface area contributed by atoms with Crippen molar-refractivity contribution in [2.24, 2.45) is 10.4 Å². The van der Waals surface area contributed by atoms with Crippen molar-refractivity contribution >= 4 is 5.90 Å². The largest absolute Gasteiger partial charge is 0.478 e. The molecule has 0 amide bonds.